The molecule has 0 fully saturated rings. The first-order valence-corrected chi connectivity index (χ1v) is 5.84. The topological polar surface area (TPSA) is 46.2 Å². The van der Waals surface area contributed by atoms with Gasteiger partial charge in [0.1, 0.15) is 0 Å². The number of carbonyl (C=O) groups is 2. The maximum atomic E-state index is 13.7. The number of hydrogen-bond donors (Lipinski definition) is 1. The van der Waals surface area contributed by atoms with Crippen molar-refractivity contribution < 1.29 is 31.5 Å². The molecular formula is C14H4F5NO2. The van der Waals surface area contributed by atoms with Crippen LogP contribution in [0.5, 0.6) is 0 Å². The number of ketones is 1. The second-order valence-corrected chi connectivity index (χ2v) is 4.49. The average molecular weight is 313 g/mol. The molecule has 3 nitrogen and oxygen atoms in total. The molecule has 2 aromatic rings. The predicted octanol–water partition coefficient (Wildman–Crippen LogP) is 3.18. The first kappa shape index (κ1) is 14.2. The van der Waals surface area contributed by atoms with Crippen molar-refractivity contribution in [2.75, 3.05) is 5.32 Å². The van der Waals surface area contributed by atoms with E-state index in [1.54, 1.807) is 0 Å². The maximum absolute atomic E-state index is 13.7. The van der Waals surface area contributed by atoms with E-state index in [2.05, 4.69) is 5.32 Å². The van der Waals surface area contributed by atoms with Crippen LogP contribution >= 0.6 is 0 Å². The predicted molar refractivity (Wildman–Crippen MR) is 64.6 cm³/mol. The lowest BCUT2D eigenvalue weighted by Crippen LogP contribution is -2.12. The fourth-order valence-electron chi connectivity index (χ4n) is 2.16. The number of hydrogen-bond acceptors (Lipinski definition) is 2. The fourth-order valence-corrected chi connectivity index (χ4v) is 2.16. The molecule has 1 amide bonds. The van der Waals surface area contributed by atoms with Crippen LogP contribution in [-0.4, -0.2) is 11.7 Å². The number of anilines is 1. The summed E-state index contributed by atoms with van der Waals surface area (Å²) in [6.07, 6.45) is 0. The van der Waals surface area contributed by atoms with Gasteiger partial charge in [-0.2, -0.15) is 0 Å². The van der Waals surface area contributed by atoms with E-state index in [9.17, 15) is 31.5 Å². The number of rotatable bonds is 1. The molecule has 2 aromatic carbocycles. The van der Waals surface area contributed by atoms with E-state index in [1.165, 1.54) is 0 Å². The minimum atomic E-state index is -2.27. The molecule has 0 saturated heterocycles. The Hall–Kier alpha value is -2.77. The SMILES string of the molecule is O=C1Nc2ccc(-c3c(F)c(F)c(F)c(F)c3F)cc2C1=O. The first-order chi connectivity index (χ1) is 10.3. The standard InChI is InChI=1S/C14H4F5NO2/c15-8-7(9(16)11(18)12(19)10(8)17)4-1-2-6-5(3-4)13(21)14(22)20-6/h1-3H,(H,20,21,22). The highest BCUT2D eigenvalue weighted by atomic mass is 19.2. The van der Waals surface area contributed by atoms with Crippen LogP contribution in [0.2, 0.25) is 0 Å². The molecule has 0 radical (unpaired) electrons. The first-order valence-electron chi connectivity index (χ1n) is 5.84. The van der Waals surface area contributed by atoms with Crippen LogP contribution in [-0.2, 0) is 4.79 Å². The monoisotopic (exact) mass is 313 g/mol. The lowest BCUT2D eigenvalue weighted by molar-refractivity contribution is -0.112. The van der Waals surface area contributed by atoms with Crippen LogP contribution in [0.4, 0.5) is 27.6 Å². The highest BCUT2D eigenvalue weighted by Gasteiger charge is 2.31. The van der Waals surface area contributed by atoms with E-state index in [0.29, 0.717) is 0 Å². The second kappa shape index (κ2) is 4.62. The number of nitrogens with one attached hydrogen (secondary N) is 1. The second-order valence-electron chi connectivity index (χ2n) is 4.49. The van der Waals surface area contributed by atoms with Gasteiger partial charge in [-0.05, 0) is 17.7 Å². The summed E-state index contributed by atoms with van der Waals surface area (Å²) in [4.78, 5) is 22.7. The minimum absolute atomic E-state index is 0.0996. The third-order valence-electron chi connectivity index (χ3n) is 3.22. The van der Waals surface area contributed by atoms with Crippen LogP contribution in [0.3, 0.4) is 0 Å². The van der Waals surface area contributed by atoms with Crippen molar-refractivity contribution in [3.05, 3.63) is 52.8 Å². The average Bonchev–Trinajstić information content (AvgIpc) is 2.78. The number of benzene rings is 2. The van der Waals surface area contributed by atoms with Gasteiger partial charge in [0.25, 0.3) is 11.7 Å². The van der Waals surface area contributed by atoms with Gasteiger partial charge in [0, 0.05) is 0 Å². The molecular weight excluding hydrogens is 309 g/mol. The molecule has 0 bridgehead atoms. The normalized spacial score (nSPS) is 13.3. The largest absolute Gasteiger partial charge is 0.318 e. The summed E-state index contributed by atoms with van der Waals surface area (Å²) in [6.45, 7) is 0. The van der Waals surface area contributed by atoms with Crippen molar-refractivity contribution in [2.24, 2.45) is 0 Å². The third kappa shape index (κ3) is 1.80. The summed E-state index contributed by atoms with van der Waals surface area (Å²) in [5.41, 5.74) is -1.67. The highest BCUT2D eigenvalue weighted by molar-refractivity contribution is 6.51. The van der Waals surface area contributed by atoms with Crippen LogP contribution in [0.1, 0.15) is 10.4 Å². The van der Waals surface area contributed by atoms with E-state index < -0.39 is 51.9 Å². The lowest BCUT2D eigenvalue weighted by atomic mass is 9.99. The zero-order valence-electron chi connectivity index (χ0n) is 10.4. The Labute approximate surface area is 119 Å². The van der Waals surface area contributed by atoms with Crippen molar-refractivity contribution >= 4 is 17.4 Å². The molecule has 1 aliphatic rings. The van der Waals surface area contributed by atoms with Crippen LogP contribution < -0.4 is 5.32 Å². The van der Waals surface area contributed by atoms with Crippen LogP contribution in [0.25, 0.3) is 11.1 Å². The third-order valence-corrected chi connectivity index (χ3v) is 3.22. The molecule has 3 rings (SSSR count). The van der Waals surface area contributed by atoms with Gasteiger partial charge in [0.05, 0.1) is 16.8 Å². The Morgan fingerprint density at radius 3 is 1.91 bits per heavy atom. The molecule has 0 saturated carbocycles. The Morgan fingerprint density at radius 1 is 0.773 bits per heavy atom. The van der Waals surface area contributed by atoms with E-state index in [4.69, 9.17) is 0 Å². The van der Waals surface area contributed by atoms with Gasteiger partial charge in [-0.3, -0.25) is 9.59 Å². The van der Waals surface area contributed by atoms with Crippen molar-refractivity contribution in [3.8, 4) is 11.1 Å². The zero-order chi connectivity index (χ0) is 16.2. The zero-order valence-corrected chi connectivity index (χ0v) is 10.4. The van der Waals surface area contributed by atoms with Gasteiger partial charge >= 0.3 is 0 Å². The molecule has 8 heteroatoms. The van der Waals surface area contributed by atoms with Crippen molar-refractivity contribution in [3.63, 3.8) is 0 Å². The molecule has 0 aliphatic carbocycles. The minimum Gasteiger partial charge on any atom is -0.318 e. The number of fused-ring (bicyclic) bond motifs is 1. The Bertz CT molecular complexity index is 834. The number of carbonyl (C=O) groups excluding carboxylic acids is 2. The summed E-state index contributed by atoms with van der Waals surface area (Å²) >= 11 is 0. The van der Waals surface area contributed by atoms with Gasteiger partial charge in [0.2, 0.25) is 5.82 Å². The van der Waals surface area contributed by atoms with E-state index in [-0.39, 0.29) is 11.3 Å². The highest BCUT2D eigenvalue weighted by Crippen LogP contribution is 2.34. The molecule has 1 heterocycles. The quantitative estimate of drug-likeness (QED) is 0.380. The van der Waals surface area contributed by atoms with Crippen molar-refractivity contribution in [1.82, 2.24) is 0 Å². The molecule has 0 spiro atoms. The van der Waals surface area contributed by atoms with Gasteiger partial charge in [0.15, 0.2) is 23.3 Å². The molecule has 0 unspecified atom stereocenters. The number of amides is 1. The van der Waals surface area contributed by atoms with E-state index in [0.717, 1.165) is 18.2 Å². The maximum Gasteiger partial charge on any atom is 0.296 e. The van der Waals surface area contributed by atoms with Gasteiger partial charge in [-0.25, -0.2) is 22.0 Å². The van der Waals surface area contributed by atoms with E-state index in [1.807, 2.05) is 0 Å². The molecule has 1 N–H and O–H groups in total. The summed E-state index contributed by atoms with van der Waals surface area (Å²) in [5.74, 6) is -12.4. The summed E-state index contributed by atoms with van der Waals surface area (Å²) < 4.78 is 66.9. The summed E-state index contributed by atoms with van der Waals surface area (Å²) in [5, 5.41) is 2.20. The van der Waals surface area contributed by atoms with Crippen LogP contribution in [0, 0.1) is 29.1 Å². The summed E-state index contributed by atoms with van der Waals surface area (Å²) in [6, 6.07) is 3.08. The number of halogens is 5. The molecule has 0 atom stereocenters. The van der Waals surface area contributed by atoms with Gasteiger partial charge in [-0.1, -0.05) is 6.07 Å². The van der Waals surface area contributed by atoms with Gasteiger partial charge in [-0.15, -0.1) is 0 Å². The van der Waals surface area contributed by atoms with Crippen molar-refractivity contribution in [2.45, 2.75) is 0 Å². The van der Waals surface area contributed by atoms with E-state index >= 15 is 0 Å². The smallest absolute Gasteiger partial charge is 0.296 e. The Kier molecular flexibility index (Phi) is 2.98. The molecule has 0 aromatic heterocycles. The fraction of sp³-hybridized carbons (Fsp3) is 0. The Morgan fingerprint density at radius 2 is 1.32 bits per heavy atom. The van der Waals surface area contributed by atoms with Gasteiger partial charge < -0.3 is 5.32 Å². The lowest BCUT2D eigenvalue weighted by Gasteiger charge is -2.09. The summed E-state index contributed by atoms with van der Waals surface area (Å²) in [7, 11) is 0. The van der Waals surface area contributed by atoms with Crippen molar-refractivity contribution in [1.29, 1.82) is 0 Å². The molecule has 22 heavy (non-hydrogen) atoms. The molecule has 1 aliphatic heterocycles. The number of Topliss-reactive ketones (excluding diaryl/α,β-unsaturated/α-hetero) is 1. The molecule has 112 valence electrons. The van der Waals surface area contributed by atoms with Crippen LogP contribution in [0.15, 0.2) is 18.2 Å². The Balaban J connectivity index is 2.27.